The molecule has 0 saturated carbocycles. The quantitative estimate of drug-likeness (QED) is 0.836. The monoisotopic (exact) mass is 279 g/mol. The van der Waals surface area contributed by atoms with E-state index in [2.05, 4.69) is 5.32 Å². The van der Waals surface area contributed by atoms with Crippen LogP contribution in [-0.4, -0.2) is 31.1 Å². The van der Waals surface area contributed by atoms with Crippen molar-refractivity contribution in [3.63, 3.8) is 0 Å². The Morgan fingerprint density at radius 3 is 2.55 bits per heavy atom. The number of carbonyl (C=O) groups is 2. The third kappa shape index (κ3) is 5.84. The second-order valence-corrected chi connectivity index (χ2v) is 5.51. The highest BCUT2D eigenvalue weighted by atomic mass is 16.5. The van der Waals surface area contributed by atoms with Crippen molar-refractivity contribution in [1.29, 1.82) is 0 Å². The fourth-order valence-corrected chi connectivity index (χ4v) is 1.62. The lowest BCUT2D eigenvalue weighted by molar-refractivity contribution is -0.125. The lowest BCUT2D eigenvalue weighted by atomic mass is 10.1. The molecule has 0 bridgehead atoms. The fraction of sp³-hybridized carbons (Fsp3) is 0.467. The number of benzene rings is 1. The number of amides is 1. The van der Waals surface area contributed by atoms with E-state index in [1.807, 2.05) is 26.8 Å². The van der Waals surface area contributed by atoms with Gasteiger partial charge in [0.1, 0.15) is 0 Å². The van der Waals surface area contributed by atoms with Gasteiger partial charge in [0.15, 0.2) is 6.61 Å². The molecular weight excluding hydrogens is 258 g/mol. The summed E-state index contributed by atoms with van der Waals surface area (Å²) in [6, 6.07) is 6.93. The smallest absolute Gasteiger partial charge is 0.338 e. The average molecular weight is 279 g/mol. The highest BCUT2D eigenvalue weighted by Gasteiger charge is 2.16. The van der Waals surface area contributed by atoms with Crippen molar-refractivity contribution in [2.24, 2.45) is 0 Å². The van der Waals surface area contributed by atoms with E-state index in [-0.39, 0.29) is 18.1 Å². The number of ether oxygens (including phenoxy) is 2. The van der Waals surface area contributed by atoms with E-state index in [0.717, 1.165) is 5.56 Å². The summed E-state index contributed by atoms with van der Waals surface area (Å²) in [5, 5.41) is 2.72. The third-order valence-corrected chi connectivity index (χ3v) is 2.32. The highest BCUT2D eigenvalue weighted by molar-refractivity contribution is 5.91. The predicted octanol–water partition coefficient (Wildman–Crippen LogP) is 1.90. The van der Waals surface area contributed by atoms with Gasteiger partial charge in [0.05, 0.1) is 12.2 Å². The molecule has 1 N–H and O–H groups in total. The molecule has 0 fully saturated rings. The topological polar surface area (TPSA) is 64.6 Å². The van der Waals surface area contributed by atoms with Crippen molar-refractivity contribution in [1.82, 2.24) is 5.32 Å². The summed E-state index contributed by atoms with van der Waals surface area (Å²) in [5.74, 6) is -0.842. The molecule has 0 atom stereocenters. The molecule has 110 valence electrons. The molecule has 0 saturated heterocycles. The Balaban J connectivity index is 2.54. The van der Waals surface area contributed by atoms with E-state index in [9.17, 15) is 9.59 Å². The van der Waals surface area contributed by atoms with E-state index in [0.29, 0.717) is 12.2 Å². The highest BCUT2D eigenvalue weighted by Crippen LogP contribution is 2.08. The van der Waals surface area contributed by atoms with Crippen LogP contribution >= 0.6 is 0 Å². The Labute approximate surface area is 119 Å². The zero-order valence-electron chi connectivity index (χ0n) is 12.4. The van der Waals surface area contributed by atoms with Gasteiger partial charge in [-0.1, -0.05) is 12.1 Å². The summed E-state index contributed by atoms with van der Waals surface area (Å²) in [7, 11) is 1.59. The summed E-state index contributed by atoms with van der Waals surface area (Å²) >= 11 is 0. The van der Waals surface area contributed by atoms with Gasteiger partial charge in [-0.05, 0) is 38.5 Å². The molecule has 0 aliphatic carbocycles. The van der Waals surface area contributed by atoms with Crippen LogP contribution in [0.25, 0.3) is 0 Å². The minimum Gasteiger partial charge on any atom is -0.452 e. The minimum absolute atomic E-state index is 0.287. The number of methoxy groups -OCH3 is 1. The first kappa shape index (κ1) is 16.2. The van der Waals surface area contributed by atoms with Crippen LogP contribution in [0.5, 0.6) is 0 Å². The van der Waals surface area contributed by atoms with Crippen LogP contribution in [0.3, 0.4) is 0 Å². The molecule has 0 aliphatic rings. The minimum atomic E-state index is -0.521. The van der Waals surface area contributed by atoms with Gasteiger partial charge in [-0.2, -0.15) is 0 Å². The normalized spacial score (nSPS) is 11.0. The van der Waals surface area contributed by atoms with Crippen molar-refractivity contribution in [2.45, 2.75) is 32.9 Å². The molecule has 1 aromatic carbocycles. The molecule has 0 unspecified atom stereocenters. The van der Waals surface area contributed by atoms with E-state index in [1.165, 1.54) is 0 Å². The molecular formula is C15H21NO4. The summed E-state index contributed by atoms with van der Waals surface area (Å²) in [5.41, 5.74) is 0.936. The molecule has 0 radical (unpaired) electrons. The van der Waals surface area contributed by atoms with Crippen LogP contribution in [0, 0.1) is 0 Å². The molecule has 5 nitrogen and oxygen atoms in total. The number of carbonyl (C=O) groups excluding carboxylic acids is 2. The van der Waals surface area contributed by atoms with Gasteiger partial charge >= 0.3 is 5.97 Å². The van der Waals surface area contributed by atoms with Gasteiger partial charge in [-0.15, -0.1) is 0 Å². The van der Waals surface area contributed by atoms with E-state index >= 15 is 0 Å². The van der Waals surface area contributed by atoms with Crippen LogP contribution < -0.4 is 5.32 Å². The molecule has 1 rings (SSSR count). The molecule has 1 aromatic rings. The second kappa shape index (κ2) is 7.05. The van der Waals surface area contributed by atoms with Crippen LogP contribution in [0.4, 0.5) is 0 Å². The van der Waals surface area contributed by atoms with E-state index in [1.54, 1.807) is 25.3 Å². The summed E-state index contributed by atoms with van der Waals surface area (Å²) in [4.78, 5) is 23.4. The molecule has 20 heavy (non-hydrogen) atoms. The van der Waals surface area contributed by atoms with Gasteiger partial charge in [0.2, 0.25) is 0 Å². The summed E-state index contributed by atoms with van der Waals surface area (Å²) in [6.45, 7) is 5.72. The molecule has 0 spiro atoms. The predicted molar refractivity (Wildman–Crippen MR) is 75.3 cm³/mol. The maximum Gasteiger partial charge on any atom is 0.338 e. The van der Waals surface area contributed by atoms with Gasteiger partial charge in [-0.3, -0.25) is 4.79 Å². The molecule has 5 heteroatoms. The Kier molecular flexibility index (Phi) is 5.70. The van der Waals surface area contributed by atoms with Gasteiger partial charge in [-0.25, -0.2) is 4.79 Å². The first-order valence-corrected chi connectivity index (χ1v) is 6.38. The van der Waals surface area contributed by atoms with Crippen molar-refractivity contribution in [3.8, 4) is 0 Å². The van der Waals surface area contributed by atoms with Gasteiger partial charge < -0.3 is 14.8 Å². The zero-order chi connectivity index (χ0) is 15.2. The number of esters is 1. The zero-order valence-corrected chi connectivity index (χ0v) is 12.4. The van der Waals surface area contributed by atoms with Crippen LogP contribution in [0.2, 0.25) is 0 Å². The fourth-order valence-electron chi connectivity index (χ4n) is 1.62. The van der Waals surface area contributed by atoms with Crippen LogP contribution in [0.1, 0.15) is 36.7 Å². The maximum absolute atomic E-state index is 11.8. The SMILES string of the molecule is COCc1cccc(C(=O)OCC(=O)NC(C)(C)C)c1. The van der Waals surface area contributed by atoms with Crippen molar-refractivity contribution in [3.05, 3.63) is 35.4 Å². The van der Waals surface area contributed by atoms with Crippen molar-refractivity contribution >= 4 is 11.9 Å². The summed E-state index contributed by atoms with van der Waals surface area (Å²) < 4.78 is 9.98. The lowest BCUT2D eigenvalue weighted by Crippen LogP contribution is -2.42. The second-order valence-electron chi connectivity index (χ2n) is 5.51. The summed E-state index contributed by atoms with van der Waals surface area (Å²) in [6.07, 6.45) is 0. The van der Waals surface area contributed by atoms with Crippen molar-refractivity contribution < 1.29 is 19.1 Å². The first-order chi connectivity index (χ1) is 9.31. The van der Waals surface area contributed by atoms with E-state index < -0.39 is 5.97 Å². The Morgan fingerprint density at radius 2 is 1.95 bits per heavy atom. The number of rotatable bonds is 5. The largest absolute Gasteiger partial charge is 0.452 e. The van der Waals surface area contributed by atoms with Crippen LogP contribution in [-0.2, 0) is 20.9 Å². The molecule has 0 aromatic heterocycles. The Hall–Kier alpha value is -1.88. The van der Waals surface area contributed by atoms with E-state index in [4.69, 9.17) is 9.47 Å². The molecule has 0 aliphatic heterocycles. The van der Waals surface area contributed by atoms with Gasteiger partial charge in [0.25, 0.3) is 5.91 Å². The molecule has 0 heterocycles. The lowest BCUT2D eigenvalue weighted by Gasteiger charge is -2.20. The van der Waals surface area contributed by atoms with Crippen LogP contribution in [0.15, 0.2) is 24.3 Å². The van der Waals surface area contributed by atoms with Crippen molar-refractivity contribution in [2.75, 3.05) is 13.7 Å². The standard InChI is InChI=1S/C15H21NO4/c1-15(2,3)16-13(17)10-20-14(18)12-7-5-6-11(8-12)9-19-4/h5-8H,9-10H2,1-4H3,(H,16,17). The number of nitrogens with one attached hydrogen (secondary N) is 1. The first-order valence-electron chi connectivity index (χ1n) is 6.38. The van der Waals surface area contributed by atoms with Gasteiger partial charge in [0, 0.05) is 12.6 Å². The number of hydrogen-bond donors (Lipinski definition) is 1. The Bertz CT molecular complexity index is 477. The number of hydrogen-bond acceptors (Lipinski definition) is 4. The third-order valence-electron chi connectivity index (χ3n) is 2.32. The Morgan fingerprint density at radius 1 is 1.25 bits per heavy atom. The molecule has 1 amide bonds. The maximum atomic E-state index is 11.8. The average Bonchev–Trinajstić information content (AvgIpc) is 2.34.